The molecule has 8 nitrogen and oxygen atoms in total. The molecule has 0 amide bonds. The highest BCUT2D eigenvalue weighted by Crippen LogP contribution is 2.27. The molecular formula is C28H31N3O5. The number of hydrogen-bond acceptors (Lipinski definition) is 6. The van der Waals surface area contributed by atoms with E-state index in [-0.39, 0.29) is 23.6 Å². The van der Waals surface area contributed by atoms with Gasteiger partial charge in [0.05, 0.1) is 0 Å². The van der Waals surface area contributed by atoms with Gasteiger partial charge in [0.15, 0.2) is 0 Å². The molecule has 0 aliphatic heterocycles. The van der Waals surface area contributed by atoms with Crippen molar-refractivity contribution in [2.45, 2.75) is 38.8 Å². The maximum Gasteiger partial charge on any atom is 0.341 e. The maximum atomic E-state index is 11.6. The van der Waals surface area contributed by atoms with E-state index in [0.29, 0.717) is 24.3 Å². The van der Waals surface area contributed by atoms with Crippen LogP contribution in [0.3, 0.4) is 0 Å². The van der Waals surface area contributed by atoms with Crippen LogP contribution in [0.5, 0.6) is 17.4 Å². The van der Waals surface area contributed by atoms with E-state index >= 15 is 0 Å². The number of ether oxygens (including phenoxy) is 2. The number of aromatic amines is 1. The first-order valence-corrected chi connectivity index (χ1v) is 11.8. The van der Waals surface area contributed by atoms with Crippen LogP contribution >= 0.6 is 0 Å². The Morgan fingerprint density at radius 2 is 1.92 bits per heavy atom. The number of nitrogens with zero attached hydrogens (tertiary/aromatic N) is 1. The standard InChI is InChI=1S/C28H31N3O5/c1-18-11-13-30-26(25(18)27(33)34)36-21-9-7-19(8-10-21)15-28(2,3)31-16-20(32)17-35-24-6-4-5-23-22(24)12-14-29-23/h4-14,20,29,31-32H,15-17H2,1-3H3,(H,33,34). The predicted octanol–water partition coefficient (Wildman–Crippen LogP) is 4.71. The largest absolute Gasteiger partial charge is 0.490 e. The second-order valence-electron chi connectivity index (χ2n) is 9.46. The minimum Gasteiger partial charge on any atom is -0.490 e. The van der Waals surface area contributed by atoms with Gasteiger partial charge in [-0.2, -0.15) is 0 Å². The zero-order valence-corrected chi connectivity index (χ0v) is 20.6. The lowest BCUT2D eigenvalue weighted by atomic mass is 9.94. The van der Waals surface area contributed by atoms with E-state index in [4.69, 9.17) is 9.47 Å². The summed E-state index contributed by atoms with van der Waals surface area (Å²) in [6.07, 6.45) is 3.44. The van der Waals surface area contributed by atoms with Gasteiger partial charge in [-0.3, -0.25) is 0 Å². The highest BCUT2D eigenvalue weighted by molar-refractivity contribution is 5.92. The van der Waals surface area contributed by atoms with E-state index in [9.17, 15) is 15.0 Å². The molecule has 4 N–H and O–H groups in total. The Morgan fingerprint density at radius 1 is 1.14 bits per heavy atom. The van der Waals surface area contributed by atoms with Crippen molar-refractivity contribution in [2.75, 3.05) is 13.2 Å². The Hall–Kier alpha value is -3.88. The predicted molar refractivity (Wildman–Crippen MR) is 138 cm³/mol. The molecule has 0 spiro atoms. The Morgan fingerprint density at radius 3 is 2.67 bits per heavy atom. The van der Waals surface area contributed by atoms with Crippen LogP contribution in [0.4, 0.5) is 0 Å². The van der Waals surface area contributed by atoms with Crippen molar-refractivity contribution < 1.29 is 24.5 Å². The molecule has 0 bridgehead atoms. The average Bonchev–Trinajstić information content (AvgIpc) is 3.32. The molecule has 188 valence electrons. The Kier molecular flexibility index (Phi) is 7.57. The van der Waals surface area contributed by atoms with Gasteiger partial charge in [0.1, 0.15) is 29.8 Å². The summed E-state index contributed by atoms with van der Waals surface area (Å²) in [7, 11) is 0. The highest BCUT2D eigenvalue weighted by atomic mass is 16.5. The highest BCUT2D eigenvalue weighted by Gasteiger charge is 2.20. The number of rotatable bonds is 11. The SMILES string of the molecule is Cc1ccnc(Oc2ccc(CC(C)(C)NCC(O)COc3cccc4[nH]ccc34)cc2)c1C(=O)O. The van der Waals surface area contributed by atoms with Crippen LogP contribution in [0.1, 0.15) is 35.3 Å². The number of carbonyl (C=O) groups is 1. The van der Waals surface area contributed by atoms with Crippen LogP contribution in [-0.4, -0.2) is 50.9 Å². The number of pyridine rings is 1. The summed E-state index contributed by atoms with van der Waals surface area (Å²) in [6, 6.07) is 16.9. The number of carboxylic acids is 1. The average molecular weight is 490 g/mol. The van der Waals surface area contributed by atoms with Crippen LogP contribution in [0.25, 0.3) is 10.9 Å². The van der Waals surface area contributed by atoms with E-state index < -0.39 is 12.1 Å². The van der Waals surface area contributed by atoms with E-state index in [1.807, 2.05) is 42.6 Å². The lowest BCUT2D eigenvalue weighted by molar-refractivity contribution is 0.0692. The van der Waals surface area contributed by atoms with Gasteiger partial charge >= 0.3 is 5.97 Å². The van der Waals surface area contributed by atoms with Crippen molar-refractivity contribution in [3.05, 3.63) is 83.7 Å². The van der Waals surface area contributed by atoms with Gasteiger partial charge in [-0.25, -0.2) is 9.78 Å². The molecule has 4 rings (SSSR count). The monoisotopic (exact) mass is 489 g/mol. The molecule has 2 aromatic carbocycles. The summed E-state index contributed by atoms with van der Waals surface area (Å²) in [5.41, 5.74) is 2.43. The molecule has 1 atom stereocenters. The van der Waals surface area contributed by atoms with Crippen LogP contribution in [0.15, 0.2) is 67.0 Å². The third kappa shape index (κ3) is 6.21. The second-order valence-corrected chi connectivity index (χ2v) is 9.46. The molecule has 0 aliphatic carbocycles. The molecule has 0 saturated carbocycles. The van der Waals surface area contributed by atoms with Crippen LogP contribution in [0, 0.1) is 6.92 Å². The molecule has 2 aromatic heterocycles. The molecule has 36 heavy (non-hydrogen) atoms. The molecule has 8 heteroatoms. The van der Waals surface area contributed by atoms with Crippen molar-refractivity contribution >= 4 is 16.9 Å². The number of H-pyrrole nitrogens is 1. The molecule has 0 saturated heterocycles. The third-order valence-corrected chi connectivity index (χ3v) is 5.92. The summed E-state index contributed by atoms with van der Waals surface area (Å²) in [4.78, 5) is 18.8. The number of hydrogen-bond donors (Lipinski definition) is 4. The molecule has 0 radical (unpaired) electrons. The fourth-order valence-electron chi connectivity index (χ4n) is 4.05. The Bertz CT molecular complexity index is 1330. The minimum atomic E-state index is -1.07. The van der Waals surface area contributed by atoms with Gasteiger partial charge in [0.25, 0.3) is 0 Å². The van der Waals surface area contributed by atoms with E-state index in [1.165, 1.54) is 6.20 Å². The first-order chi connectivity index (χ1) is 17.2. The maximum absolute atomic E-state index is 11.6. The minimum absolute atomic E-state index is 0.0548. The van der Waals surface area contributed by atoms with Gasteiger partial charge < -0.3 is 30.0 Å². The molecule has 0 fully saturated rings. The number of fused-ring (bicyclic) bond motifs is 1. The fourth-order valence-corrected chi connectivity index (χ4v) is 4.05. The van der Waals surface area contributed by atoms with Gasteiger partial charge in [0.2, 0.25) is 5.88 Å². The first kappa shape index (κ1) is 25.2. The summed E-state index contributed by atoms with van der Waals surface area (Å²) in [5, 5.41) is 24.3. The summed E-state index contributed by atoms with van der Waals surface area (Å²) < 4.78 is 11.6. The Labute approximate surface area is 209 Å². The second kappa shape index (κ2) is 10.8. The van der Waals surface area contributed by atoms with E-state index in [1.54, 1.807) is 25.1 Å². The van der Waals surface area contributed by atoms with Crippen LogP contribution < -0.4 is 14.8 Å². The molecule has 2 heterocycles. The topological polar surface area (TPSA) is 117 Å². The number of nitrogens with one attached hydrogen (secondary N) is 2. The lowest BCUT2D eigenvalue weighted by Gasteiger charge is -2.28. The third-order valence-electron chi connectivity index (χ3n) is 5.92. The van der Waals surface area contributed by atoms with Gasteiger partial charge in [0, 0.05) is 35.4 Å². The molecule has 1 unspecified atom stereocenters. The molecular weight excluding hydrogens is 458 g/mol. The van der Waals surface area contributed by atoms with Crippen molar-refractivity contribution in [3.8, 4) is 17.4 Å². The van der Waals surface area contributed by atoms with Gasteiger partial charge in [-0.05, 0) is 74.7 Å². The number of carboxylic acid groups (broad SMARTS) is 1. The fraction of sp³-hybridized carbons (Fsp3) is 0.286. The number of aliphatic hydroxyl groups excluding tert-OH is 1. The number of aliphatic hydroxyl groups is 1. The van der Waals surface area contributed by atoms with Crippen LogP contribution in [-0.2, 0) is 6.42 Å². The number of aryl methyl sites for hydroxylation is 1. The van der Waals surface area contributed by atoms with Gasteiger partial charge in [-0.1, -0.05) is 18.2 Å². The number of aromatic carboxylic acids is 1. The van der Waals surface area contributed by atoms with Crippen molar-refractivity contribution in [2.24, 2.45) is 0 Å². The number of β-amino-alcohol motifs (C(OH)–C–C–N with tert-alkyl or cyclic N) is 1. The molecule has 0 aliphatic rings. The van der Waals surface area contributed by atoms with Gasteiger partial charge in [-0.15, -0.1) is 0 Å². The van der Waals surface area contributed by atoms with E-state index in [2.05, 4.69) is 29.1 Å². The quantitative estimate of drug-likeness (QED) is 0.241. The zero-order valence-electron chi connectivity index (χ0n) is 20.6. The van der Waals surface area contributed by atoms with Crippen molar-refractivity contribution in [1.82, 2.24) is 15.3 Å². The smallest absolute Gasteiger partial charge is 0.341 e. The normalized spacial score (nSPS) is 12.4. The Balaban J connectivity index is 1.29. The summed E-state index contributed by atoms with van der Waals surface area (Å²) >= 11 is 0. The number of benzene rings is 2. The van der Waals surface area contributed by atoms with E-state index in [0.717, 1.165) is 22.2 Å². The zero-order chi connectivity index (χ0) is 25.7. The summed E-state index contributed by atoms with van der Waals surface area (Å²) in [6.45, 7) is 6.42. The lowest BCUT2D eigenvalue weighted by Crippen LogP contribution is -2.46. The van der Waals surface area contributed by atoms with Crippen molar-refractivity contribution in [1.29, 1.82) is 0 Å². The first-order valence-electron chi connectivity index (χ1n) is 11.8. The number of aromatic nitrogens is 2. The van der Waals surface area contributed by atoms with Crippen LogP contribution in [0.2, 0.25) is 0 Å². The summed E-state index contributed by atoms with van der Waals surface area (Å²) in [5.74, 6) is 0.246. The van der Waals surface area contributed by atoms with Crippen molar-refractivity contribution in [3.63, 3.8) is 0 Å². The molecule has 4 aromatic rings.